The summed E-state index contributed by atoms with van der Waals surface area (Å²) in [6, 6.07) is 14.4. The predicted molar refractivity (Wildman–Crippen MR) is 97.2 cm³/mol. The average Bonchev–Trinajstić information content (AvgIpc) is 2.97. The fraction of sp³-hybridized carbons (Fsp3) is 0.263. The quantitative estimate of drug-likeness (QED) is 0.600. The van der Waals surface area contributed by atoms with Crippen LogP contribution in [0.5, 0.6) is 5.75 Å². The first-order chi connectivity index (χ1) is 12.0. The van der Waals surface area contributed by atoms with Crippen LogP contribution < -0.4 is 4.74 Å². The molecule has 0 amide bonds. The van der Waals surface area contributed by atoms with Crippen molar-refractivity contribution in [1.82, 2.24) is 14.8 Å². The summed E-state index contributed by atoms with van der Waals surface area (Å²) in [6.07, 6.45) is -0.208. The second-order valence-corrected chi connectivity index (χ2v) is 6.83. The number of ether oxygens (including phenoxy) is 1. The molecule has 1 aromatic heterocycles. The Bertz CT molecular complexity index is 831. The molecular formula is C19H20FN3OS. The monoisotopic (exact) mass is 357 g/mol. The summed E-state index contributed by atoms with van der Waals surface area (Å²) < 4.78 is 20.8. The van der Waals surface area contributed by atoms with E-state index in [9.17, 15) is 4.39 Å². The van der Waals surface area contributed by atoms with Gasteiger partial charge in [-0.2, -0.15) is 0 Å². The molecule has 4 nitrogen and oxygen atoms in total. The number of hydrogen-bond acceptors (Lipinski definition) is 4. The third-order valence-corrected chi connectivity index (χ3v) is 4.94. The smallest absolute Gasteiger partial charge is 0.191 e. The van der Waals surface area contributed by atoms with E-state index in [1.54, 1.807) is 23.9 Å². The molecular weight excluding hydrogens is 337 g/mol. The Morgan fingerprint density at radius 1 is 1.08 bits per heavy atom. The molecule has 3 rings (SSSR count). The van der Waals surface area contributed by atoms with Gasteiger partial charge >= 0.3 is 0 Å². The third kappa shape index (κ3) is 4.39. The molecule has 1 atom stereocenters. The molecule has 0 aliphatic carbocycles. The maximum absolute atomic E-state index is 13.0. The molecule has 1 unspecified atom stereocenters. The number of benzene rings is 2. The van der Waals surface area contributed by atoms with Crippen LogP contribution in [0.2, 0.25) is 0 Å². The van der Waals surface area contributed by atoms with Crippen LogP contribution in [0.15, 0.2) is 53.7 Å². The Kier molecular flexibility index (Phi) is 5.38. The van der Waals surface area contributed by atoms with Gasteiger partial charge in [-0.25, -0.2) is 4.39 Å². The van der Waals surface area contributed by atoms with Crippen LogP contribution in [0.25, 0.3) is 0 Å². The fourth-order valence-electron chi connectivity index (χ4n) is 2.41. The summed E-state index contributed by atoms with van der Waals surface area (Å²) in [5, 5.41) is 9.31. The van der Waals surface area contributed by atoms with E-state index in [-0.39, 0.29) is 11.9 Å². The van der Waals surface area contributed by atoms with Gasteiger partial charge in [0.2, 0.25) is 0 Å². The predicted octanol–water partition coefficient (Wildman–Crippen LogP) is 4.69. The molecule has 1 heterocycles. The molecule has 0 radical (unpaired) electrons. The van der Waals surface area contributed by atoms with E-state index in [0.717, 1.165) is 22.3 Å². The van der Waals surface area contributed by atoms with Gasteiger partial charge in [0.1, 0.15) is 11.6 Å². The molecule has 0 bridgehead atoms. The van der Waals surface area contributed by atoms with Crippen LogP contribution >= 0.6 is 11.8 Å². The van der Waals surface area contributed by atoms with Gasteiger partial charge in [-0.3, -0.25) is 0 Å². The van der Waals surface area contributed by atoms with Gasteiger partial charge in [-0.05, 0) is 43.7 Å². The van der Waals surface area contributed by atoms with Crippen LogP contribution in [0, 0.1) is 12.7 Å². The van der Waals surface area contributed by atoms with Crippen molar-refractivity contribution in [1.29, 1.82) is 0 Å². The Morgan fingerprint density at radius 3 is 2.44 bits per heavy atom. The number of aryl methyl sites for hydroxylation is 1. The third-order valence-electron chi connectivity index (χ3n) is 3.85. The standard InChI is InChI=1S/C19H20FN3OS/c1-13-4-10-17(11-5-13)24-14(2)18-21-22-19(23(18)3)25-12-15-6-8-16(20)9-7-15/h4-11,14H,12H2,1-3H3. The zero-order valence-corrected chi connectivity index (χ0v) is 15.3. The molecule has 3 aromatic rings. The first kappa shape index (κ1) is 17.5. The minimum absolute atomic E-state index is 0.208. The maximum atomic E-state index is 13.0. The lowest BCUT2D eigenvalue weighted by Gasteiger charge is -2.14. The highest BCUT2D eigenvalue weighted by Crippen LogP contribution is 2.25. The van der Waals surface area contributed by atoms with Crippen molar-refractivity contribution in [3.05, 3.63) is 71.3 Å². The fourth-order valence-corrected chi connectivity index (χ4v) is 3.28. The Balaban J connectivity index is 1.65. The molecule has 2 aromatic carbocycles. The molecule has 0 fully saturated rings. The number of hydrogen-bond donors (Lipinski definition) is 0. The van der Waals surface area contributed by atoms with E-state index in [0.29, 0.717) is 5.75 Å². The molecule has 0 saturated carbocycles. The Morgan fingerprint density at radius 2 is 1.76 bits per heavy atom. The van der Waals surface area contributed by atoms with E-state index < -0.39 is 0 Å². The normalized spacial score (nSPS) is 12.2. The minimum atomic E-state index is -0.225. The van der Waals surface area contributed by atoms with Crippen LogP contribution in [0.1, 0.15) is 30.0 Å². The SMILES string of the molecule is Cc1ccc(OC(C)c2nnc(SCc3ccc(F)cc3)n2C)cc1. The highest BCUT2D eigenvalue weighted by Gasteiger charge is 2.17. The van der Waals surface area contributed by atoms with Gasteiger partial charge < -0.3 is 9.30 Å². The highest BCUT2D eigenvalue weighted by molar-refractivity contribution is 7.98. The zero-order valence-electron chi connectivity index (χ0n) is 14.4. The zero-order chi connectivity index (χ0) is 17.8. The van der Waals surface area contributed by atoms with Gasteiger partial charge in [-0.1, -0.05) is 41.6 Å². The summed E-state index contributed by atoms with van der Waals surface area (Å²) >= 11 is 1.56. The number of halogens is 1. The Labute approximate surface area is 151 Å². The van der Waals surface area contributed by atoms with Crippen LogP contribution in [0.4, 0.5) is 4.39 Å². The average molecular weight is 357 g/mol. The first-order valence-corrected chi connectivity index (χ1v) is 9.01. The van der Waals surface area contributed by atoms with E-state index in [2.05, 4.69) is 10.2 Å². The van der Waals surface area contributed by atoms with Crippen molar-refractivity contribution in [2.24, 2.45) is 7.05 Å². The largest absolute Gasteiger partial charge is 0.483 e. The minimum Gasteiger partial charge on any atom is -0.483 e. The van der Waals surface area contributed by atoms with Crippen LogP contribution in [0.3, 0.4) is 0 Å². The van der Waals surface area contributed by atoms with Crippen molar-refractivity contribution >= 4 is 11.8 Å². The van der Waals surface area contributed by atoms with Crippen molar-refractivity contribution in [2.75, 3.05) is 0 Å². The number of thioether (sulfide) groups is 1. The highest BCUT2D eigenvalue weighted by atomic mass is 32.2. The molecule has 0 N–H and O–H groups in total. The lowest BCUT2D eigenvalue weighted by Crippen LogP contribution is -2.10. The molecule has 25 heavy (non-hydrogen) atoms. The van der Waals surface area contributed by atoms with Crippen molar-refractivity contribution < 1.29 is 9.13 Å². The van der Waals surface area contributed by atoms with E-state index in [1.165, 1.54) is 17.7 Å². The topological polar surface area (TPSA) is 39.9 Å². The Hall–Kier alpha value is -2.34. The summed E-state index contributed by atoms with van der Waals surface area (Å²) in [5.74, 6) is 2.06. The molecule has 130 valence electrons. The summed E-state index contributed by atoms with van der Waals surface area (Å²) in [7, 11) is 1.93. The van der Waals surface area contributed by atoms with Crippen LogP contribution in [-0.4, -0.2) is 14.8 Å². The molecule has 0 aliphatic heterocycles. The van der Waals surface area contributed by atoms with Gasteiger partial charge in [-0.15, -0.1) is 10.2 Å². The molecule has 0 aliphatic rings. The summed E-state index contributed by atoms with van der Waals surface area (Å²) in [4.78, 5) is 0. The van der Waals surface area contributed by atoms with Crippen molar-refractivity contribution in [2.45, 2.75) is 30.9 Å². The van der Waals surface area contributed by atoms with Gasteiger partial charge in [0.05, 0.1) is 0 Å². The van der Waals surface area contributed by atoms with E-state index >= 15 is 0 Å². The number of aromatic nitrogens is 3. The maximum Gasteiger partial charge on any atom is 0.191 e. The first-order valence-electron chi connectivity index (χ1n) is 8.03. The molecule has 6 heteroatoms. The molecule has 0 spiro atoms. The van der Waals surface area contributed by atoms with Gasteiger partial charge in [0.25, 0.3) is 0 Å². The van der Waals surface area contributed by atoms with Gasteiger partial charge in [0.15, 0.2) is 17.1 Å². The van der Waals surface area contributed by atoms with Crippen molar-refractivity contribution in [3.63, 3.8) is 0 Å². The molecule has 0 saturated heterocycles. The van der Waals surface area contributed by atoms with Crippen molar-refractivity contribution in [3.8, 4) is 5.75 Å². The second kappa shape index (κ2) is 7.70. The number of nitrogens with zero attached hydrogens (tertiary/aromatic N) is 3. The van der Waals surface area contributed by atoms with E-state index in [4.69, 9.17) is 4.74 Å². The lowest BCUT2D eigenvalue weighted by atomic mass is 10.2. The summed E-state index contributed by atoms with van der Waals surface area (Å²) in [6.45, 7) is 4.00. The summed E-state index contributed by atoms with van der Waals surface area (Å²) in [5.41, 5.74) is 2.23. The van der Waals surface area contributed by atoms with Crippen LogP contribution in [-0.2, 0) is 12.8 Å². The van der Waals surface area contributed by atoms with Gasteiger partial charge in [0, 0.05) is 12.8 Å². The lowest BCUT2D eigenvalue weighted by molar-refractivity contribution is 0.211. The number of rotatable bonds is 6. The second-order valence-electron chi connectivity index (χ2n) is 5.89. The van der Waals surface area contributed by atoms with E-state index in [1.807, 2.05) is 49.7 Å².